The van der Waals surface area contributed by atoms with Crippen LogP contribution in [0, 0.1) is 5.92 Å². The molecule has 2 N–H and O–H groups in total. The van der Waals surface area contributed by atoms with Crippen molar-refractivity contribution in [2.45, 2.75) is 25.6 Å². The topological polar surface area (TPSA) is 29.3 Å². The van der Waals surface area contributed by atoms with E-state index in [1.54, 1.807) is 6.92 Å². The van der Waals surface area contributed by atoms with E-state index in [9.17, 15) is 4.39 Å². The first-order valence-corrected chi connectivity index (χ1v) is 4.19. The highest BCUT2D eigenvalue weighted by Crippen LogP contribution is 2.21. The second kappa shape index (κ2) is 3.50. The third kappa shape index (κ3) is 2.14. The Bertz CT molecular complexity index is 127. The fourth-order valence-corrected chi connectivity index (χ4v) is 1.66. The smallest absolute Gasteiger partial charge is 0.119 e. The summed E-state index contributed by atoms with van der Waals surface area (Å²) in [5.41, 5.74) is 5.47. The highest BCUT2D eigenvalue weighted by molar-refractivity contribution is 4.83. The maximum atomic E-state index is 13.3. The van der Waals surface area contributed by atoms with Crippen molar-refractivity contribution in [1.29, 1.82) is 0 Å². The van der Waals surface area contributed by atoms with Crippen LogP contribution < -0.4 is 5.73 Å². The minimum atomic E-state index is -0.819. The van der Waals surface area contributed by atoms with Crippen molar-refractivity contribution in [2.24, 2.45) is 11.7 Å². The first-order chi connectivity index (χ1) is 5.11. The van der Waals surface area contributed by atoms with E-state index in [4.69, 9.17) is 5.73 Å². The Balaban J connectivity index is 2.36. The van der Waals surface area contributed by atoms with Crippen molar-refractivity contribution in [3.8, 4) is 0 Å². The number of hydrogen-bond donors (Lipinski definition) is 1. The van der Waals surface area contributed by atoms with Gasteiger partial charge in [0.25, 0.3) is 0 Å². The van der Waals surface area contributed by atoms with Gasteiger partial charge in [0.15, 0.2) is 0 Å². The molecular formula is C8H17FN2. The molecule has 0 bridgehead atoms. The standard InChI is InChI=1S/C8H17FN2/c1-6(10)8(9)7-3-4-11(2)5-7/h6-8H,3-5,10H2,1-2H3. The van der Waals surface area contributed by atoms with E-state index in [1.807, 2.05) is 7.05 Å². The van der Waals surface area contributed by atoms with Gasteiger partial charge in [-0.25, -0.2) is 4.39 Å². The number of nitrogens with two attached hydrogens (primary N) is 1. The first kappa shape index (κ1) is 8.94. The van der Waals surface area contributed by atoms with Crippen LogP contribution >= 0.6 is 0 Å². The van der Waals surface area contributed by atoms with Crippen LogP contribution in [0.2, 0.25) is 0 Å². The van der Waals surface area contributed by atoms with E-state index >= 15 is 0 Å². The van der Waals surface area contributed by atoms with Crippen LogP contribution in [0.25, 0.3) is 0 Å². The average molecular weight is 160 g/mol. The summed E-state index contributed by atoms with van der Waals surface area (Å²) in [6.45, 7) is 3.61. The van der Waals surface area contributed by atoms with Gasteiger partial charge in [-0.15, -0.1) is 0 Å². The van der Waals surface area contributed by atoms with Crippen molar-refractivity contribution in [3.05, 3.63) is 0 Å². The third-order valence-electron chi connectivity index (χ3n) is 2.38. The largest absolute Gasteiger partial charge is 0.325 e. The first-order valence-electron chi connectivity index (χ1n) is 4.19. The van der Waals surface area contributed by atoms with Crippen molar-refractivity contribution < 1.29 is 4.39 Å². The van der Waals surface area contributed by atoms with Gasteiger partial charge in [0, 0.05) is 18.5 Å². The predicted octanol–water partition coefficient (Wildman–Crippen LogP) is 0.623. The minimum absolute atomic E-state index is 0.167. The molecule has 1 aliphatic heterocycles. The van der Waals surface area contributed by atoms with Gasteiger partial charge in [-0.3, -0.25) is 0 Å². The molecule has 3 unspecified atom stereocenters. The highest BCUT2D eigenvalue weighted by atomic mass is 19.1. The van der Waals surface area contributed by atoms with E-state index in [1.165, 1.54) is 0 Å². The van der Waals surface area contributed by atoms with Crippen LogP contribution in [0.4, 0.5) is 4.39 Å². The van der Waals surface area contributed by atoms with Gasteiger partial charge in [0.1, 0.15) is 6.17 Å². The molecule has 0 radical (unpaired) electrons. The van der Waals surface area contributed by atoms with Gasteiger partial charge in [-0.05, 0) is 26.9 Å². The molecule has 0 amide bonds. The summed E-state index contributed by atoms with van der Waals surface area (Å²) in [6, 6.07) is -0.313. The number of hydrogen-bond acceptors (Lipinski definition) is 2. The zero-order chi connectivity index (χ0) is 8.43. The Morgan fingerprint density at radius 2 is 2.27 bits per heavy atom. The van der Waals surface area contributed by atoms with Crippen molar-refractivity contribution in [2.75, 3.05) is 20.1 Å². The van der Waals surface area contributed by atoms with E-state index < -0.39 is 6.17 Å². The van der Waals surface area contributed by atoms with Gasteiger partial charge in [0.05, 0.1) is 0 Å². The summed E-state index contributed by atoms with van der Waals surface area (Å²) in [5, 5.41) is 0. The number of likely N-dealkylation sites (tertiary alicyclic amines) is 1. The molecule has 2 nitrogen and oxygen atoms in total. The molecule has 1 fully saturated rings. The van der Waals surface area contributed by atoms with Crippen molar-refractivity contribution >= 4 is 0 Å². The molecule has 0 aromatic carbocycles. The van der Waals surface area contributed by atoms with Crippen LogP contribution in [0.3, 0.4) is 0 Å². The molecule has 3 heteroatoms. The second-order valence-electron chi connectivity index (χ2n) is 3.61. The molecule has 1 saturated heterocycles. The summed E-state index contributed by atoms with van der Waals surface area (Å²) >= 11 is 0. The molecule has 3 atom stereocenters. The normalized spacial score (nSPS) is 32.2. The van der Waals surface area contributed by atoms with Crippen LogP contribution in [0.1, 0.15) is 13.3 Å². The Hall–Kier alpha value is -0.150. The fourth-order valence-electron chi connectivity index (χ4n) is 1.66. The number of alkyl halides is 1. The van der Waals surface area contributed by atoms with Crippen LogP contribution in [-0.4, -0.2) is 37.3 Å². The van der Waals surface area contributed by atoms with E-state index in [0.29, 0.717) is 0 Å². The van der Waals surface area contributed by atoms with Gasteiger partial charge in [-0.2, -0.15) is 0 Å². The van der Waals surface area contributed by atoms with Gasteiger partial charge >= 0.3 is 0 Å². The van der Waals surface area contributed by atoms with E-state index in [0.717, 1.165) is 19.5 Å². The molecule has 0 saturated carbocycles. The summed E-state index contributed by atoms with van der Waals surface area (Å²) < 4.78 is 13.3. The highest BCUT2D eigenvalue weighted by Gasteiger charge is 2.29. The predicted molar refractivity (Wildman–Crippen MR) is 44.1 cm³/mol. The van der Waals surface area contributed by atoms with Crippen LogP contribution in [0.15, 0.2) is 0 Å². The van der Waals surface area contributed by atoms with Gasteiger partial charge in [-0.1, -0.05) is 0 Å². The third-order valence-corrected chi connectivity index (χ3v) is 2.38. The monoisotopic (exact) mass is 160 g/mol. The Morgan fingerprint density at radius 1 is 1.64 bits per heavy atom. The fraction of sp³-hybridized carbons (Fsp3) is 1.00. The van der Waals surface area contributed by atoms with Gasteiger partial charge < -0.3 is 10.6 Å². The van der Waals surface area contributed by atoms with E-state index in [-0.39, 0.29) is 12.0 Å². The molecular weight excluding hydrogens is 143 g/mol. The molecule has 66 valence electrons. The number of nitrogens with zero attached hydrogens (tertiary/aromatic N) is 1. The molecule has 0 aromatic rings. The maximum absolute atomic E-state index is 13.3. The molecule has 1 rings (SSSR count). The summed E-state index contributed by atoms with van der Waals surface area (Å²) in [4.78, 5) is 2.15. The lowest BCUT2D eigenvalue weighted by atomic mass is 9.98. The molecule has 0 spiro atoms. The molecule has 0 aromatic heterocycles. The maximum Gasteiger partial charge on any atom is 0.119 e. The lowest BCUT2D eigenvalue weighted by Crippen LogP contribution is -2.35. The Labute approximate surface area is 67.6 Å². The Kier molecular flexibility index (Phi) is 2.84. The quantitative estimate of drug-likeness (QED) is 0.641. The molecule has 1 aliphatic rings. The number of halogens is 1. The lowest BCUT2D eigenvalue weighted by Gasteiger charge is -2.18. The molecule has 1 heterocycles. The number of rotatable bonds is 2. The van der Waals surface area contributed by atoms with Crippen molar-refractivity contribution in [3.63, 3.8) is 0 Å². The van der Waals surface area contributed by atoms with Crippen LogP contribution in [0.5, 0.6) is 0 Å². The summed E-state index contributed by atoms with van der Waals surface area (Å²) in [5.74, 6) is 0.167. The molecule has 0 aliphatic carbocycles. The summed E-state index contributed by atoms with van der Waals surface area (Å²) in [6.07, 6.45) is 0.138. The SMILES string of the molecule is CC(N)C(F)C1CCN(C)C1. The summed E-state index contributed by atoms with van der Waals surface area (Å²) in [7, 11) is 2.02. The van der Waals surface area contributed by atoms with Gasteiger partial charge in [0.2, 0.25) is 0 Å². The zero-order valence-corrected chi connectivity index (χ0v) is 7.26. The lowest BCUT2D eigenvalue weighted by molar-refractivity contribution is 0.200. The van der Waals surface area contributed by atoms with E-state index in [2.05, 4.69) is 4.90 Å². The second-order valence-corrected chi connectivity index (χ2v) is 3.61. The van der Waals surface area contributed by atoms with Crippen molar-refractivity contribution in [1.82, 2.24) is 4.90 Å². The van der Waals surface area contributed by atoms with Crippen LogP contribution in [-0.2, 0) is 0 Å². The minimum Gasteiger partial charge on any atom is -0.325 e. The average Bonchev–Trinajstić information content (AvgIpc) is 2.34. The molecule has 11 heavy (non-hydrogen) atoms. The zero-order valence-electron chi connectivity index (χ0n) is 7.26. The Morgan fingerprint density at radius 3 is 2.64 bits per heavy atom.